The van der Waals surface area contributed by atoms with E-state index >= 15 is 0 Å². The van der Waals surface area contributed by atoms with Crippen molar-refractivity contribution in [2.45, 2.75) is 13.8 Å². The molecule has 0 fully saturated rings. The van der Waals surface area contributed by atoms with Gasteiger partial charge < -0.3 is 10.5 Å². The molecule has 0 spiro atoms. The molecule has 1 rings (SSSR count). The fourth-order valence-corrected chi connectivity index (χ4v) is 1.22. The number of hydrogen-bond acceptors (Lipinski definition) is 4. The monoisotopic (exact) mass is 243 g/mol. The van der Waals surface area contributed by atoms with Crippen molar-refractivity contribution in [3.8, 4) is 0 Å². The summed E-state index contributed by atoms with van der Waals surface area (Å²) in [5, 5.41) is 0. The zero-order chi connectivity index (χ0) is 11.4. The van der Waals surface area contributed by atoms with Gasteiger partial charge in [0.05, 0.1) is 12.2 Å². The predicted octanol–water partition coefficient (Wildman–Crippen LogP) is 2.07. The molecule has 0 radical (unpaired) electrons. The van der Waals surface area contributed by atoms with Gasteiger partial charge in [0.1, 0.15) is 0 Å². The smallest absolute Gasteiger partial charge is 0.338 e. The van der Waals surface area contributed by atoms with E-state index in [-0.39, 0.29) is 18.2 Å². The number of ketones is 1. The van der Waals surface area contributed by atoms with Crippen LogP contribution in [0.4, 0.5) is 5.69 Å². The second-order valence-corrected chi connectivity index (χ2v) is 3.08. The molecule has 0 aliphatic heterocycles. The Morgan fingerprint density at radius 3 is 2.44 bits per heavy atom. The zero-order valence-corrected chi connectivity index (χ0v) is 9.97. The van der Waals surface area contributed by atoms with Gasteiger partial charge in [0, 0.05) is 11.3 Å². The molecule has 0 bridgehead atoms. The summed E-state index contributed by atoms with van der Waals surface area (Å²) >= 11 is 0. The molecule has 0 heterocycles. The highest BCUT2D eigenvalue weighted by Crippen LogP contribution is 2.15. The van der Waals surface area contributed by atoms with Crippen molar-refractivity contribution in [3.05, 3.63) is 29.3 Å². The lowest BCUT2D eigenvalue weighted by molar-refractivity contribution is 0.0526. The summed E-state index contributed by atoms with van der Waals surface area (Å²) in [6.07, 6.45) is 0. The molecule has 1 aromatic rings. The van der Waals surface area contributed by atoms with Crippen LogP contribution in [-0.2, 0) is 4.74 Å². The van der Waals surface area contributed by atoms with Crippen LogP contribution in [0.5, 0.6) is 0 Å². The number of carbonyl (C=O) groups excluding carboxylic acids is 2. The average molecular weight is 244 g/mol. The van der Waals surface area contributed by atoms with Gasteiger partial charge in [0.2, 0.25) is 0 Å². The van der Waals surface area contributed by atoms with E-state index in [1.807, 2.05) is 0 Å². The van der Waals surface area contributed by atoms with Gasteiger partial charge in [-0.2, -0.15) is 0 Å². The number of Topliss-reactive ketones (excluding diaryl/α,β-unsaturated/α-hetero) is 1. The topological polar surface area (TPSA) is 69.4 Å². The molecule has 16 heavy (non-hydrogen) atoms. The quantitative estimate of drug-likeness (QED) is 0.501. The van der Waals surface area contributed by atoms with Crippen LogP contribution in [0.15, 0.2) is 18.2 Å². The normalized spacial score (nSPS) is 9.12. The zero-order valence-electron chi connectivity index (χ0n) is 9.15. The van der Waals surface area contributed by atoms with Gasteiger partial charge in [0.15, 0.2) is 5.78 Å². The first-order valence-corrected chi connectivity index (χ1v) is 4.63. The van der Waals surface area contributed by atoms with Gasteiger partial charge in [-0.3, -0.25) is 4.79 Å². The minimum atomic E-state index is -0.431. The Balaban J connectivity index is 0.00000225. The number of esters is 1. The van der Waals surface area contributed by atoms with Crippen LogP contribution in [0.1, 0.15) is 34.6 Å². The first-order chi connectivity index (χ1) is 7.06. The number of nitrogen functional groups attached to an aromatic ring is 1. The van der Waals surface area contributed by atoms with Crippen LogP contribution in [-0.4, -0.2) is 18.4 Å². The molecule has 0 atom stereocenters. The Morgan fingerprint density at radius 2 is 2.00 bits per heavy atom. The van der Waals surface area contributed by atoms with Crippen molar-refractivity contribution in [1.29, 1.82) is 0 Å². The summed E-state index contributed by atoms with van der Waals surface area (Å²) in [7, 11) is 0. The number of halogens is 1. The molecule has 4 nitrogen and oxygen atoms in total. The fourth-order valence-electron chi connectivity index (χ4n) is 1.22. The minimum absolute atomic E-state index is 0. The number of carbonyl (C=O) groups is 2. The van der Waals surface area contributed by atoms with Crippen LogP contribution >= 0.6 is 12.4 Å². The lowest BCUT2D eigenvalue weighted by atomic mass is 10.1. The van der Waals surface area contributed by atoms with Crippen molar-refractivity contribution in [2.75, 3.05) is 12.3 Å². The van der Waals surface area contributed by atoms with Crippen LogP contribution in [0, 0.1) is 0 Å². The van der Waals surface area contributed by atoms with E-state index < -0.39 is 5.97 Å². The van der Waals surface area contributed by atoms with Crippen LogP contribution in [0.2, 0.25) is 0 Å². The van der Waals surface area contributed by atoms with Crippen LogP contribution < -0.4 is 5.73 Å². The van der Waals surface area contributed by atoms with E-state index in [1.165, 1.54) is 25.1 Å². The second kappa shape index (κ2) is 6.12. The van der Waals surface area contributed by atoms with Crippen molar-refractivity contribution < 1.29 is 14.3 Å². The fraction of sp³-hybridized carbons (Fsp3) is 0.273. The SMILES string of the molecule is CCOC(=O)c1ccc(C(C)=O)c(N)c1.Cl. The number of ether oxygens (including phenoxy) is 1. The maximum atomic E-state index is 11.3. The first-order valence-electron chi connectivity index (χ1n) is 4.63. The molecule has 0 aliphatic rings. The number of nitrogens with two attached hydrogens (primary N) is 1. The van der Waals surface area contributed by atoms with Gasteiger partial charge in [0.25, 0.3) is 0 Å². The minimum Gasteiger partial charge on any atom is -0.462 e. The van der Waals surface area contributed by atoms with Crippen molar-refractivity contribution in [3.63, 3.8) is 0 Å². The molecule has 0 saturated carbocycles. The molecule has 5 heteroatoms. The maximum absolute atomic E-state index is 11.3. The summed E-state index contributed by atoms with van der Waals surface area (Å²) in [4.78, 5) is 22.4. The van der Waals surface area contributed by atoms with Gasteiger partial charge in [-0.15, -0.1) is 12.4 Å². The van der Waals surface area contributed by atoms with E-state index in [2.05, 4.69) is 0 Å². The molecule has 1 aromatic carbocycles. The molecule has 88 valence electrons. The molecule has 0 aromatic heterocycles. The third kappa shape index (κ3) is 3.24. The van der Waals surface area contributed by atoms with Gasteiger partial charge in [-0.05, 0) is 32.0 Å². The second-order valence-electron chi connectivity index (χ2n) is 3.08. The average Bonchev–Trinajstić information content (AvgIpc) is 2.17. The lowest BCUT2D eigenvalue weighted by Gasteiger charge is -2.05. The Hall–Kier alpha value is -1.55. The third-order valence-electron chi connectivity index (χ3n) is 1.94. The van der Waals surface area contributed by atoms with Crippen LogP contribution in [0.25, 0.3) is 0 Å². The number of rotatable bonds is 3. The molecule has 0 unspecified atom stereocenters. The maximum Gasteiger partial charge on any atom is 0.338 e. The highest BCUT2D eigenvalue weighted by Gasteiger charge is 2.10. The Kier molecular flexibility index (Phi) is 5.53. The van der Waals surface area contributed by atoms with Crippen molar-refractivity contribution in [2.24, 2.45) is 0 Å². The van der Waals surface area contributed by atoms with E-state index in [0.29, 0.717) is 23.4 Å². The predicted molar refractivity (Wildman–Crippen MR) is 64.1 cm³/mol. The largest absolute Gasteiger partial charge is 0.462 e. The van der Waals surface area contributed by atoms with Crippen molar-refractivity contribution >= 4 is 29.8 Å². The first kappa shape index (κ1) is 14.5. The van der Waals surface area contributed by atoms with E-state index in [4.69, 9.17) is 10.5 Å². The summed E-state index contributed by atoms with van der Waals surface area (Å²) in [5.41, 5.74) is 6.71. The number of anilines is 1. The summed E-state index contributed by atoms with van der Waals surface area (Å²) in [6.45, 7) is 3.47. The Bertz CT molecular complexity index is 404. The molecule has 0 amide bonds. The van der Waals surface area contributed by atoms with E-state index in [1.54, 1.807) is 6.92 Å². The summed E-state index contributed by atoms with van der Waals surface area (Å²) in [5.74, 6) is -0.554. The molecule has 0 aliphatic carbocycles. The molecule has 0 saturated heterocycles. The highest BCUT2D eigenvalue weighted by molar-refractivity contribution is 6.01. The van der Waals surface area contributed by atoms with Gasteiger partial charge in [-0.1, -0.05) is 0 Å². The standard InChI is InChI=1S/C11H13NO3.ClH/c1-3-15-11(14)8-4-5-9(7(2)13)10(12)6-8;/h4-6H,3,12H2,1-2H3;1H. The number of benzene rings is 1. The molecular weight excluding hydrogens is 230 g/mol. The Labute approximate surface area is 100 Å². The van der Waals surface area contributed by atoms with Crippen LogP contribution in [0.3, 0.4) is 0 Å². The number of hydrogen-bond donors (Lipinski definition) is 1. The highest BCUT2D eigenvalue weighted by atomic mass is 35.5. The van der Waals surface area contributed by atoms with E-state index in [0.717, 1.165) is 0 Å². The summed E-state index contributed by atoms with van der Waals surface area (Å²) in [6, 6.07) is 4.52. The van der Waals surface area contributed by atoms with E-state index in [9.17, 15) is 9.59 Å². The third-order valence-corrected chi connectivity index (χ3v) is 1.94. The Morgan fingerprint density at radius 1 is 1.38 bits per heavy atom. The van der Waals surface area contributed by atoms with Gasteiger partial charge >= 0.3 is 5.97 Å². The van der Waals surface area contributed by atoms with Gasteiger partial charge in [-0.25, -0.2) is 4.79 Å². The summed E-state index contributed by atoms with van der Waals surface area (Å²) < 4.78 is 4.80. The molecule has 2 N–H and O–H groups in total. The van der Waals surface area contributed by atoms with Crippen molar-refractivity contribution in [1.82, 2.24) is 0 Å². The molecular formula is C11H14ClNO3. The lowest BCUT2D eigenvalue weighted by Crippen LogP contribution is -2.07.